The lowest BCUT2D eigenvalue weighted by Crippen LogP contribution is -2.32. The van der Waals surface area contributed by atoms with Crippen LogP contribution in [0.3, 0.4) is 0 Å². The first kappa shape index (κ1) is 19.1. The molecular weight excluding hydrogens is 363 g/mol. The Kier molecular flexibility index (Phi) is 6.67. The van der Waals surface area contributed by atoms with E-state index in [-0.39, 0.29) is 23.6 Å². The second kappa shape index (κ2) is 8.74. The van der Waals surface area contributed by atoms with Crippen LogP contribution >= 0.6 is 23.2 Å². The normalized spacial score (nSPS) is 10.4. The Bertz CT molecular complexity index is 761. The summed E-state index contributed by atoms with van der Waals surface area (Å²) in [5.41, 5.74) is 0.947. The molecule has 2 aromatic carbocycles. The van der Waals surface area contributed by atoms with E-state index >= 15 is 0 Å². The largest absolute Gasteiger partial charge is 0.491 e. The van der Waals surface area contributed by atoms with Gasteiger partial charge in [0, 0.05) is 11.3 Å². The fourth-order valence-corrected chi connectivity index (χ4v) is 2.29. The Morgan fingerprint density at radius 2 is 1.72 bits per heavy atom. The lowest BCUT2D eigenvalue weighted by Gasteiger charge is -2.11. The summed E-state index contributed by atoms with van der Waals surface area (Å²) < 4.78 is 5.53. The number of rotatable bonds is 6. The second-order valence-electron chi connectivity index (χ2n) is 5.55. The zero-order valence-electron chi connectivity index (χ0n) is 13.8. The molecule has 0 unspecified atom stereocenters. The summed E-state index contributed by atoms with van der Waals surface area (Å²) in [6, 6.07) is 11.5. The number of ether oxygens (including phenoxy) is 1. The number of nitrogens with one attached hydrogen (secondary N) is 2. The van der Waals surface area contributed by atoms with Crippen LogP contribution in [0, 0.1) is 0 Å². The SMILES string of the molecule is CC(C)Oc1ccc(NC(=O)CNC(=O)c2ccc(Cl)c(Cl)c2)cc1. The molecule has 0 atom stereocenters. The molecule has 2 amide bonds. The van der Waals surface area contributed by atoms with Crippen LogP contribution in [-0.4, -0.2) is 24.5 Å². The van der Waals surface area contributed by atoms with Crippen LogP contribution in [-0.2, 0) is 4.79 Å². The van der Waals surface area contributed by atoms with Crippen molar-refractivity contribution in [3.05, 3.63) is 58.1 Å². The Morgan fingerprint density at radius 1 is 1.04 bits per heavy atom. The van der Waals surface area contributed by atoms with Crippen molar-refractivity contribution >= 4 is 40.7 Å². The molecule has 2 rings (SSSR count). The van der Waals surface area contributed by atoms with Gasteiger partial charge in [-0.3, -0.25) is 9.59 Å². The molecule has 0 saturated carbocycles. The van der Waals surface area contributed by atoms with Gasteiger partial charge in [-0.2, -0.15) is 0 Å². The molecule has 5 nitrogen and oxygen atoms in total. The average Bonchev–Trinajstić information content (AvgIpc) is 2.56. The fraction of sp³-hybridized carbons (Fsp3) is 0.222. The van der Waals surface area contributed by atoms with Crippen molar-refractivity contribution < 1.29 is 14.3 Å². The number of hydrogen-bond acceptors (Lipinski definition) is 3. The summed E-state index contributed by atoms with van der Waals surface area (Å²) in [4.78, 5) is 23.9. The molecule has 7 heteroatoms. The van der Waals surface area contributed by atoms with Gasteiger partial charge in [-0.1, -0.05) is 23.2 Å². The third kappa shape index (κ3) is 5.96. The number of carbonyl (C=O) groups excluding carboxylic acids is 2. The number of benzene rings is 2. The number of carbonyl (C=O) groups is 2. The van der Waals surface area contributed by atoms with Crippen molar-refractivity contribution in [1.29, 1.82) is 0 Å². The van der Waals surface area contributed by atoms with Crippen molar-refractivity contribution in [1.82, 2.24) is 5.32 Å². The first-order valence-corrected chi connectivity index (χ1v) is 8.40. The van der Waals surface area contributed by atoms with E-state index in [1.807, 2.05) is 13.8 Å². The van der Waals surface area contributed by atoms with E-state index in [0.717, 1.165) is 5.75 Å². The average molecular weight is 381 g/mol. The quantitative estimate of drug-likeness (QED) is 0.790. The first-order valence-electron chi connectivity index (χ1n) is 7.65. The van der Waals surface area contributed by atoms with Gasteiger partial charge in [0.05, 0.1) is 22.7 Å². The van der Waals surface area contributed by atoms with E-state index in [9.17, 15) is 9.59 Å². The number of anilines is 1. The second-order valence-corrected chi connectivity index (χ2v) is 6.37. The first-order chi connectivity index (χ1) is 11.8. The minimum absolute atomic E-state index is 0.0806. The summed E-state index contributed by atoms with van der Waals surface area (Å²) >= 11 is 11.7. The van der Waals surface area contributed by atoms with Gasteiger partial charge in [0.25, 0.3) is 5.91 Å². The van der Waals surface area contributed by atoms with E-state index in [1.54, 1.807) is 24.3 Å². The highest BCUT2D eigenvalue weighted by molar-refractivity contribution is 6.42. The van der Waals surface area contributed by atoms with Gasteiger partial charge in [0.15, 0.2) is 0 Å². The highest BCUT2D eigenvalue weighted by atomic mass is 35.5. The van der Waals surface area contributed by atoms with E-state index in [1.165, 1.54) is 18.2 Å². The lowest BCUT2D eigenvalue weighted by molar-refractivity contribution is -0.115. The molecule has 0 aromatic heterocycles. The van der Waals surface area contributed by atoms with Gasteiger partial charge < -0.3 is 15.4 Å². The summed E-state index contributed by atoms with van der Waals surface area (Å²) in [6.07, 6.45) is 0.0806. The molecule has 0 spiro atoms. The maximum Gasteiger partial charge on any atom is 0.251 e. The standard InChI is InChI=1S/C18H18Cl2N2O3/c1-11(2)25-14-6-4-13(5-7-14)22-17(23)10-21-18(24)12-3-8-15(19)16(20)9-12/h3-9,11H,10H2,1-2H3,(H,21,24)(H,22,23). The van der Waals surface area contributed by atoms with Crippen LogP contribution in [0.2, 0.25) is 10.0 Å². The smallest absolute Gasteiger partial charge is 0.251 e. The maximum absolute atomic E-state index is 12.0. The van der Waals surface area contributed by atoms with Gasteiger partial charge in [0.2, 0.25) is 5.91 Å². The van der Waals surface area contributed by atoms with E-state index in [2.05, 4.69) is 10.6 Å². The number of amides is 2. The Hall–Kier alpha value is -2.24. The van der Waals surface area contributed by atoms with Crippen LogP contribution in [0.4, 0.5) is 5.69 Å². The van der Waals surface area contributed by atoms with Gasteiger partial charge in [-0.25, -0.2) is 0 Å². The molecule has 0 fully saturated rings. The number of halogens is 2. The van der Waals surface area contributed by atoms with E-state index in [0.29, 0.717) is 16.3 Å². The predicted octanol–water partition coefficient (Wildman–Crippen LogP) is 4.15. The Balaban J connectivity index is 1.85. The molecule has 2 aromatic rings. The third-order valence-corrected chi connectivity index (χ3v) is 3.84. The zero-order chi connectivity index (χ0) is 18.4. The Morgan fingerprint density at radius 3 is 2.32 bits per heavy atom. The molecule has 2 N–H and O–H groups in total. The number of hydrogen-bond donors (Lipinski definition) is 2. The van der Waals surface area contributed by atoms with Crippen LogP contribution in [0.1, 0.15) is 24.2 Å². The van der Waals surface area contributed by atoms with Crippen LogP contribution in [0.5, 0.6) is 5.75 Å². The molecule has 0 aliphatic heterocycles. The maximum atomic E-state index is 12.0. The summed E-state index contributed by atoms with van der Waals surface area (Å²) in [6.45, 7) is 3.71. The summed E-state index contributed by atoms with van der Waals surface area (Å²) in [5.74, 6) is -0.0266. The van der Waals surface area contributed by atoms with Gasteiger partial charge >= 0.3 is 0 Å². The monoisotopic (exact) mass is 380 g/mol. The van der Waals surface area contributed by atoms with Crippen LogP contribution < -0.4 is 15.4 Å². The highest BCUT2D eigenvalue weighted by Crippen LogP contribution is 2.22. The van der Waals surface area contributed by atoms with Crippen molar-refractivity contribution in [2.75, 3.05) is 11.9 Å². The highest BCUT2D eigenvalue weighted by Gasteiger charge is 2.10. The molecule has 25 heavy (non-hydrogen) atoms. The lowest BCUT2D eigenvalue weighted by atomic mass is 10.2. The van der Waals surface area contributed by atoms with Gasteiger partial charge in [-0.15, -0.1) is 0 Å². The zero-order valence-corrected chi connectivity index (χ0v) is 15.3. The van der Waals surface area contributed by atoms with Gasteiger partial charge in [0.1, 0.15) is 5.75 Å². The molecule has 132 valence electrons. The molecule has 0 heterocycles. The predicted molar refractivity (Wildman–Crippen MR) is 99.6 cm³/mol. The van der Waals surface area contributed by atoms with Crippen molar-refractivity contribution in [2.45, 2.75) is 20.0 Å². The minimum atomic E-state index is -0.408. The molecule has 0 bridgehead atoms. The molecule has 0 radical (unpaired) electrons. The third-order valence-electron chi connectivity index (χ3n) is 3.10. The summed E-state index contributed by atoms with van der Waals surface area (Å²) in [7, 11) is 0. The van der Waals surface area contributed by atoms with Crippen molar-refractivity contribution in [3.63, 3.8) is 0 Å². The van der Waals surface area contributed by atoms with Crippen LogP contribution in [0.15, 0.2) is 42.5 Å². The minimum Gasteiger partial charge on any atom is -0.491 e. The topological polar surface area (TPSA) is 67.4 Å². The molecule has 0 aliphatic rings. The molecular formula is C18H18Cl2N2O3. The van der Waals surface area contributed by atoms with Crippen LogP contribution in [0.25, 0.3) is 0 Å². The van der Waals surface area contributed by atoms with Gasteiger partial charge in [-0.05, 0) is 56.3 Å². The fourth-order valence-electron chi connectivity index (χ4n) is 1.99. The van der Waals surface area contributed by atoms with E-state index in [4.69, 9.17) is 27.9 Å². The van der Waals surface area contributed by atoms with Crippen molar-refractivity contribution in [3.8, 4) is 5.75 Å². The molecule has 0 aliphatic carbocycles. The van der Waals surface area contributed by atoms with Crippen molar-refractivity contribution in [2.24, 2.45) is 0 Å². The summed E-state index contributed by atoms with van der Waals surface area (Å²) in [5, 5.41) is 5.86. The Labute approximate surface area is 156 Å². The van der Waals surface area contributed by atoms with E-state index < -0.39 is 5.91 Å². The molecule has 0 saturated heterocycles.